The summed E-state index contributed by atoms with van der Waals surface area (Å²) in [5, 5.41) is 17.6. The van der Waals surface area contributed by atoms with Crippen LogP contribution in [0.25, 0.3) is 0 Å². The minimum atomic E-state index is -1.61. The van der Waals surface area contributed by atoms with Crippen LogP contribution in [0.4, 0.5) is 0 Å². The van der Waals surface area contributed by atoms with Crippen LogP contribution in [-0.2, 0) is 9.59 Å². The molecule has 0 bridgehead atoms. The van der Waals surface area contributed by atoms with Gasteiger partial charge in [0.2, 0.25) is 0 Å². The summed E-state index contributed by atoms with van der Waals surface area (Å²) in [7, 11) is 0. The number of hydrogen-bond acceptors (Lipinski definition) is 2. The lowest BCUT2D eigenvalue weighted by Gasteiger charge is -2.26. The maximum absolute atomic E-state index is 10.9. The number of allylic oxidation sites excluding steroid dienone is 2. The van der Waals surface area contributed by atoms with Crippen molar-refractivity contribution in [2.24, 2.45) is 0 Å². The standard InChI is InChI=1S/C9H9ClO4/c1-5-2-3-6(7(11)12)4-9(5,10)8(13)14/h2-3H,4H2,1H3,(H,11,12)(H,13,14). The summed E-state index contributed by atoms with van der Waals surface area (Å²) in [5.41, 5.74) is 0.449. The zero-order chi connectivity index (χ0) is 10.9. The Kier molecular flexibility index (Phi) is 2.66. The topological polar surface area (TPSA) is 74.6 Å². The molecule has 0 saturated heterocycles. The number of carboxylic acids is 2. The third-order valence-corrected chi connectivity index (χ3v) is 2.80. The molecule has 5 heteroatoms. The second-order valence-electron chi connectivity index (χ2n) is 3.13. The fourth-order valence-electron chi connectivity index (χ4n) is 1.21. The van der Waals surface area contributed by atoms with Crippen molar-refractivity contribution < 1.29 is 19.8 Å². The van der Waals surface area contributed by atoms with E-state index in [1.807, 2.05) is 0 Å². The molecule has 1 aliphatic rings. The molecule has 1 aliphatic carbocycles. The van der Waals surface area contributed by atoms with Crippen molar-refractivity contribution in [2.75, 3.05) is 0 Å². The molecule has 0 aliphatic heterocycles. The van der Waals surface area contributed by atoms with E-state index in [0.717, 1.165) is 0 Å². The molecular weight excluding hydrogens is 208 g/mol. The molecule has 0 aromatic carbocycles. The van der Waals surface area contributed by atoms with Gasteiger partial charge in [0.25, 0.3) is 0 Å². The van der Waals surface area contributed by atoms with Crippen LogP contribution >= 0.6 is 11.6 Å². The van der Waals surface area contributed by atoms with Crippen molar-refractivity contribution in [1.82, 2.24) is 0 Å². The third kappa shape index (κ3) is 1.65. The monoisotopic (exact) mass is 216 g/mol. The van der Waals surface area contributed by atoms with Gasteiger partial charge in [0.05, 0.1) is 0 Å². The van der Waals surface area contributed by atoms with Crippen LogP contribution in [-0.4, -0.2) is 27.0 Å². The first-order chi connectivity index (χ1) is 6.38. The summed E-state index contributed by atoms with van der Waals surface area (Å²) >= 11 is 5.83. The van der Waals surface area contributed by atoms with Gasteiger partial charge in [-0.15, -0.1) is 11.6 Å². The van der Waals surface area contributed by atoms with E-state index < -0.39 is 16.8 Å². The fraction of sp³-hybridized carbons (Fsp3) is 0.333. The quantitative estimate of drug-likeness (QED) is 0.685. The first-order valence-corrected chi connectivity index (χ1v) is 4.29. The number of hydrogen-bond donors (Lipinski definition) is 2. The molecule has 0 aromatic heterocycles. The SMILES string of the molecule is CC1=CC=C(C(=O)O)CC1(Cl)C(=O)O. The van der Waals surface area contributed by atoms with Crippen LogP contribution < -0.4 is 0 Å². The van der Waals surface area contributed by atoms with Crippen molar-refractivity contribution in [1.29, 1.82) is 0 Å². The lowest BCUT2D eigenvalue weighted by atomic mass is 9.87. The normalized spacial score (nSPS) is 26.4. The highest BCUT2D eigenvalue weighted by atomic mass is 35.5. The Balaban J connectivity index is 3.09. The van der Waals surface area contributed by atoms with Gasteiger partial charge < -0.3 is 10.2 Å². The molecule has 0 radical (unpaired) electrons. The van der Waals surface area contributed by atoms with Crippen LogP contribution in [0.15, 0.2) is 23.3 Å². The molecular formula is C9H9ClO4. The predicted molar refractivity (Wildman–Crippen MR) is 50.3 cm³/mol. The minimum absolute atomic E-state index is 0.00741. The van der Waals surface area contributed by atoms with Gasteiger partial charge in [-0.1, -0.05) is 12.2 Å². The van der Waals surface area contributed by atoms with E-state index in [4.69, 9.17) is 21.8 Å². The zero-order valence-corrected chi connectivity index (χ0v) is 8.21. The molecule has 0 heterocycles. The lowest BCUT2D eigenvalue weighted by Crippen LogP contribution is -2.36. The zero-order valence-electron chi connectivity index (χ0n) is 7.45. The first-order valence-electron chi connectivity index (χ1n) is 3.91. The third-order valence-electron chi connectivity index (χ3n) is 2.21. The van der Waals surface area contributed by atoms with E-state index in [1.54, 1.807) is 6.92 Å². The molecule has 76 valence electrons. The molecule has 0 saturated carbocycles. The summed E-state index contributed by atoms with van der Waals surface area (Å²) in [4.78, 5) is 19.9. The number of alkyl halides is 1. The van der Waals surface area contributed by atoms with Gasteiger partial charge in [0, 0.05) is 12.0 Å². The van der Waals surface area contributed by atoms with E-state index >= 15 is 0 Å². The molecule has 2 N–H and O–H groups in total. The maximum atomic E-state index is 10.9. The van der Waals surface area contributed by atoms with E-state index in [1.165, 1.54) is 12.2 Å². The highest BCUT2D eigenvalue weighted by Gasteiger charge is 2.41. The number of carbonyl (C=O) groups is 2. The Morgan fingerprint density at radius 3 is 2.43 bits per heavy atom. The predicted octanol–water partition coefficient (Wildman–Crippen LogP) is 1.41. The van der Waals surface area contributed by atoms with Gasteiger partial charge in [0.15, 0.2) is 4.87 Å². The number of aliphatic carboxylic acids is 2. The molecule has 1 rings (SSSR count). The Morgan fingerprint density at radius 2 is 2.00 bits per heavy atom. The van der Waals surface area contributed by atoms with Gasteiger partial charge in [0.1, 0.15) is 0 Å². The summed E-state index contributed by atoms with van der Waals surface area (Å²) in [6, 6.07) is 0. The summed E-state index contributed by atoms with van der Waals surface area (Å²) < 4.78 is 0. The minimum Gasteiger partial charge on any atom is -0.480 e. The van der Waals surface area contributed by atoms with Crippen molar-refractivity contribution in [3.05, 3.63) is 23.3 Å². The Labute approximate surface area is 85.5 Å². The van der Waals surface area contributed by atoms with Gasteiger partial charge in [-0.2, -0.15) is 0 Å². The van der Waals surface area contributed by atoms with E-state index in [-0.39, 0.29) is 12.0 Å². The van der Waals surface area contributed by atoms with Crippen LogP contribution in [0, 0.1) is 0 Å². The van der Waals surface area contributed by atoms with Gasteiger partial charge in [-0.25, -0.2) is 9.59 Å². The lowest BCUT2D eigenvalue weighted by molar-refractivity contribution is -0.139. The highest BCUT2D eigenvalue weighted by Crippen LogP contribution is 2.35. The molecule has 1 unspecified atom stereocenters. The van der Waals surface area contributed by atoms with Crippen molar-refractivity contribution in [3.8, 4) is 0 Å². The van der Waals surface area contributed by atoms with E-state index in [0.29, 0.717) is 5.57 Å². The van der Waals surface area contributed by atoms with Gasteiger partial charge in [-0.3, -0.25) is 0 Å². The van der Waals surface area contributed by atoms with Crippen LogP contribution in [0.1, 0.15) is 13.3 Å². The number of halogens is 1. The van der Waals surface area contributed by atoms with Crippen molar-refractivity contribution in [3.63, 3.8) is 0 Å². The maximum Gasteiger partial charge on any atom is 0.331 e. The number of carboxylic acid groups (broad SMARTS) is 2. The van der Waals surface area contributed by atoms with E-state index in [2.05, 4.69) is 0 Å². The van der Waals surface area contributed by atoms with Crippen LogP contribution in [0.2, 0.25) is 0 Å². The Morgan fingerprint density at radius 1 is 1.43 bits per heavy atom. The second kappa shape index (κ2) is 3.46. The Bertz CT molecular complexity index is 356. The van der Waals surface area contributed by atoms with Crippen molar-refractivity contribution in [2.45, 2.75) is 18.2 Å². The second-order valence-corrected chi connectivity index (χ2v) is 3.78. The average Bonchev–Trinajstić information content (AvgIpc) is 2.09. The smallest absolute Gasteiger partial charge is 0.331 e. The van der Waals surface area contributed by atoms with Crippen LogP contribution in [0.5, 0.6) is 0 Å². The summed E-state index contributed by atoms with van der Waals surface area (Å²) in [6.07, 6.45) is 2.61. The number of rotatable bonds is 2. The van der Waals surface area contributed by atoms with E-state index in [9.17, 15) is 9.59 Å². The highest BCUT2D eigenvalue weighted by molar-refractivity contribution is 6.36. The van der Waals surface area contributed by atoms with Crippen LogP contribution in [0.3, 0.4) is 0 Å². The molecule has 0 fully saturated rings. The summed E-state index contributed by atoms with van der Waals surface area (Å²) in [6.45, 7) is 1.57. The molecule has 1 atom stereocenters. The molecule has 0 aromatic rings. The van der Waals surface area contributed by atoms with Gasteiger partial charge >= 0.3 is 11.9 Å². The molecule has 0 spiro atoms. The fourth-order valence-corrected chi connectivity index (χ4v) is 1.42. The largest absolute Gasteiger partial charge is 0.480 e. The Hall–Kier alpha value is -1.29. The molecule has 4 nitrogen and oxygen atoms in total. The average molecular weight is 217 g/mol. The van der Waals surface area contributed by atoms with Gasteiger partial charge in [-0.05, 0) is 12.5 Å². The summed E-state index contributed by atoms with van der Waals surface area (Å²) in [5.74, 6) is -2.36. The molecule has 14 heavy (non-hydrogen) atoms. The molecule has 0 amide bonds. The van der Waals surface area contributed by atoms with Crippen molar-refractivity contribution >= 4 is 23.5 Å². The first kappa shape index (κ1) is 10.8.